The minimum atomic E-state index is -0.470. The van der Waals surface area contributed by atoms with Crippen molar-refractivity contribution in [1.29, 1.82) is 0 Å². The molecule has 42 heavy (non-hydrogen) atoms. The SMILES string of the molecule is CCOC(=O)c1ccc(Cn2c3ccccc3c3nn4cc(-c5cc(C(C)(C)C)cc6c5CCC6(C)C)nc4nc32)o1. The van der Waals surface area contributed by atoms with E-state index in [4.69, 9.17) is 24.2 Å². The number of para-hydroxylation sites is 1. The molecule has 0 N–H and O–H groups in total. The maximum Gasteiger partial charge on any atom is 0.374 e. The molecule has 0 saturated heterocycles. The van der Waals surface area contributed by atoms with Crippen LogP contribution in [0.4, 0.5) is 0 Å². The Morgan fingerprint density at radius 3 is 2.69 bits per heavy atom. The van der Waals surface area contributed by atoms with Crippen LogP contribution in [0, 0.1) is 0 Å². The Bertz CT molecular complexity index is 2020. The van der Waals surface area contributed by atoms with Crippen molar-refractivity contribution >= 4 is 33.8 Å². The molecule has 8 nitrogen and oxygen atoms in total. The van der Waals surface area contributed by atoms with Crippen LogP contribution in [-0.4, -0.2) is 36.7 Å². The number of carbonyl (C=O) groups excluding carboxylic acids is 1. The largest absolute Gasteiger partial charge is 0.460 e. The van der Waals surface area contributed by atoms with Crippen LogP contribution in [0.5, 0.6) is 0 Å². The molecular weight excluding hydrogens is 526 g/mol. The third kappa shape index (κ3) is 4.19. The van der Waals surface area contributed by atoms with Crippen molar-refractivity contribution in [2.24, 2.45) is 0 Å². The molecule has 4 heterocycles. The molecule has 7 rings (SSSR count). The lowest BCUT2D eigenvalue weighted by atomic mass is 9.79. The summed E-state index contributed by atoms with van der Waals surface area (Å²) in [5.41, 5.74) is 8.81. The highest BCUT2D eigenvalue weighted by atomic mass is 16.5. The van der Waals surface area contributed by atoms with Crippen molar-refractivity contribution in [3.63, 3.8) is 0 Å². The molecule has 1 aliphatic carbocycles. The molecular formula is C34H35N5O3. The van der Waals surface area contributed by atoms with Crippen molar-refractivity contribution in [2.75, 3.05) is 6.61 Å². The Hall–Kier alpha value is -4.46. The maximum atomic E-state index is 12.2. The molecule has 6 aromatic rings. The zero-order chi connectivity index (χ0) is 29.4. The lowest BCUT2D eigenvalue weighted by Crippen LogP contribution is -2.16. The highest BCUT2D eigenvalue weighted by Crippen LogP contribution is 2.45. The van der Waals surface area contributed by atoms with Gasteiger partial charge in [-0.3, -0.25) is 0 Å². The van der Waals surface area contributed by atoms with Crippen molar-refractivity contribution in [3.05, 3.63) is 82.9 Å². The normalized spacial score (nSPS) is 14.7. The monoisotopic (exact) mass is 561 g/mol. The van der Waals surface area contributed by atoms with E-state index in [-0.39, 0.29) is 16.6 Å². The molecule has 4 aromatic heterocycles. The summed E-state index contributed by atoms with van der Waals surface area (Å²) in [5.74, 6) is 0.888. The fraction of sp³-hybridized carbons (Fsp3) is 0.353. The first-order valence-corrected chi connectivity index (χ1v) is 14.6. The van der Waals surface area contributed by atoms with Gasteiger partial charge in [0.2, 0.25) is 5.76 Å². The molecule has 0 spiro atoms. The van der Waals surface area contributed by atoms with Crippen LogP contribution >= 0.6 is 0 Å². The average molecular weight is 562 g/mol. The summed E-state index contributed by atoms with van der Waals surface area (Å²) in [4.78, 5) is 22.3. The predicted octanol–water partition coefficient (Wildman–Crippen LogP) is 7.24. The van der Waals surface area contributed by atoms with Crippen LogP contribution in [0.15, 0.2) is 59.1 Å². The van der Waals surface area contributed by atoms with E-state index in [0.717, 1.165) is 35.0 Å². The summed E-state index contributed by atoms with van der Waals surface area (Å²) in [6.07, 6.45) is 4.17. The summed E-state index contributed by atoms with van der Waals surface area (Å²) in [7, 11) is 0. The van der Waals surface area contributed by atoms with Crippen LogP contribution in [0.2, 0.25) is 0 Å². The van der Waals surface area contributed by atoms with Gasteiger partial charge in [0.1, 0.15) is 11.3 Å². The second-order valence-corrected chi connectivity index (χ2v) is 12.9. The first-order valence-electron chi connectivity index (χ1n) is 14.6. The minimum Gasteiger partial charge on any atom is -0.460 e. The van der Waals surface area contributed by atoms with Gasteiger partial charge in [-0.2, -0.15) is 10.1 Å². The van der Waals surface area contributed by atoms with Crippen LogP contribution in [0.1, 0.15) is 81.0 Å². The topological polar surface area (TPSA) is 87.5 Å². The first kappa shape index (κ1) is 26.4. The van der Waals surface area contributed by atoms with E-state index < -0.39 is 5.97 Å². The standard InChI is InChI=1S/C34H35N5O3/c1-7-41-31(40)28-13-12-21(42-28)18-38-27-11-9-8-10-23(27)29-30(38)36-32-35-26(19-39(32)37-29)24-16-20(33(2,3)4)17-25-22(24)14-15-34(25,5)6/h8-13,16-17,19H,7,14-15,18H2,1-6H3. The number of fused-ring (bicyclic) bond motifs is 5. The van der Waals surface area contributed by atoms with Crippen molar-refractivity contribution < 1.29 is 13.9 Å². The van der Waals surface area contributed by atoms with Crippen LogP contribution in [0.25, 0.3) is 39.1 Å². The third-order valence-electron chi connectivity index (χ3n) is 8.57. The third-order valence-corrected chi connectivity index (χ3v) is 8.57. The molecule has 1 aliphatic rings. The maximum absolute atomic E-state index is 12.2. The Balaban J connectivity index is 1.38. The van der Waals surface area contributed by atoms with E-state index in [1.54, 1.807) is 23.6 Å². The molecule has 0 fully saturated rings. The number of aromatic nitrogens is 5. The molecule has 0 amide bonds. The molecule has 0 aliphatic heterocycles. The molecule has 0 bridgehead atoms. The Morgan fingerprint density at radius 1 is 1.10 bits per heavy atom. The predicted molar refractivity (Wildman–Crippen MR) is 163 cm³/mol. The summed E-state index contributed by atoms with van der Waals surface area (Å²) in [5, 5.41) is 6.02. The molecule has 0 unspecified atom stereocenters. The molecule has 0 saturated carbocycles. The van der Waals surface area contributed by atoms with Crippen molar-refractivity contribution in [1.82, 2.24) is 24.1 Å². The Labute approximate surface area is 244 Å². The zero-order valence-electron chi connectivity index (χ0n) is 25.0. The molecule has 0 atom stereocenters. The fourth-order valence-corrected chi connectivity index (χ4v) is 6.20. The van der Waals surface area contributed by atoms with Gasteiger partial charge < -0.3 is 13.7 Å². The quantitative estimate of drug-likeness (QED) is 0.206. The number of imidazole rings is 1. The number of esters is 1. The lowest BCUT2D eigenvalue weighted by molar-refractivity contribution is 0.0488. The minimum absolute atomic E-state index is 0.0164. The number of hydrogen-bond donors (Lipinski definition) is 0. The van der Waals surface area contributed by atoms with Crippen LogP contribution in [0.3, 0.4) is 0 Å². The molecule has 0 radical (unpaired) electrons. The average Bonchev–Trinajstić information content (AvgIpc) is 3.72. The fourth-order valence-electron chi connectivity index (χ4n) is 6.20. The van der Waals surface area contributed by atoms with Gasteiger partial charge >= 0.3 is 5.97 Å². The first-order chi connectivity index (χ1) is 20.0. The number of ether oxygens (including phenoxy) is 1. The highest BCUT2D eigenvalue weighted by molar-refractivity contribution is 6.04. The zero-order valence-corrected chi connectivity index (χ0v) is 25.0. The van der Waals surface area contributed by atoms with Gasteiger partial charge in [-0.15, -0.1) is 0 Å². The number of rotatable bonds is 5. The summed E-state index contributed by atoms with van der Waals surface area (Å²) in [6.45, 7) is 13.9. The van der Waals surface area contributed by atoms with Crippen molar-refractivity contribution in [3.8, 4) is 11.3 Å². The van der Waals surface area contributed by atoms with Gasteiger partial charge in [-0.1, -0.05) is 58.9 Å². The van der Waals surface area contributed by atoms with E-state index in [1.165, 1.54) is 22.3 Å². The second kappa shape index (κ2) is 9.28. The van der Waals surface area contributed by atoms with Crippen LogP contribution < -0.4 is 0 Å². The summed E-state index contributed by atoms with van der Waals surface area (Å²) >= 11 is 0. The van der Waals surface area contributed by atoms with Gasteiger partial charge in [0.25, 0.3) is 5.78 Å². The number of furan rings is 1. The van der Waals surface area contributed by atoms with Gasteiger partial charge in [0.05, 0.1) is 30.6 Å². The van der Waals surface area contributed by atoms with E-state index >= 15 is 0 Å². The second-order valence-electron chi connectivity index (χ2n) is 12.9. The molecule has 214 valence electrons. The van der Waals surface area contributed by atoms with Gasteiger partial charge in [-0.25, -0.2) is 14.3 Å². The van der Waals surface area contributed by atoms with Gasteiger partial charge in [-0.05, 0) is 71.6 Å². The molecule has 2 aromatic carbocycles. The van der Waals surface area contributed by atoms with E-state index in [2.05, 4.69) is 57.4 Å². The van der Waals surface area contributed by atoms with Gasteiger partial charge in [0, 0.05) is 10.9 Å². The number of nitrogens with zero attached hydrogens (tertiary/aromatic N) is 5. The lowest BCUT2D eigenvalue weighted by Gasteiger charge is -2.25. The Kier molecular flexibility index (Phi) is 5.84. The number of benzene rings is 2. The van der Waals surface area contributed by atoms with Crippen LogP contribution in [-0.2, 0) is 28.5 Å². The molecule has 8 heteroatoms. The van der Waals surface area contributed by atoms with Crippen molar-refractivity contribution in [2.45, 2.75) is 71.8 Å². The van der Waals surface area contributed by atoms with Gasteiger partial charge in [0.15, 0.2) is 5.65 Å². The smallest absolute Gasteiger partial charge is 0.374 e. The van der Waals surface area contributed by atoms with E-state index in [1.807, 2.05) is 24.4 Å². The Morgan fingerprint density at radius 2 is 1.90 bits per heavy atom. The van der Waals surface area contributed by atoms with E-state index in [0.29, 0.717) is 30.3 Å². The highest BCUT2D eigenvalue weighted by Gasteiger charge is 2.34. The summed E-state index contributed by atoms with van der Waals surface area (Å²) in [6, 6.07) is 16.3. The number of hydrogen-bond acceptors (Lipinski definition) is 6. The summed E-state index contributed by atoms with van der Waals surface area (Å²) < 4.78 is 14.8. The van der Waals surface area contributed by atoms with E-state index in [9.17, 15) is 4.79 Å². The number of carbonyl (C=O) groups is 1.